The SMILES string of the molecule is CC/C=C\C/C=C\C/C=C\C/C=C\C/C=C\CCCCCC(=O)OCC(COP(=O)(O)OCC(O)COP(=O)(O)OCC(COC(=O)CCCCCC/C=C\C/C=C\C/C=C\C/C=C\CC)OC(=O)CCCCCCC/C=C\CCCC)OC(=O)CCCCCCC/C=C\C/C=C\CCC. The molecule has 5 unspecified atom stereocenters. The molecule has 17 nitrogen and oxygen atoms in total. The Bertz CT molecular complexity index is 2470. The van der Waals surface area contributed by atoms with E-state index in [-0.39, 0.29) is 25.7 Å². The molecule has 0 spiro atoms. The topological polar surface area (TPSA) is 237 Å². The first-order chi connectivity index (χ1) is 48.7. The lowest BCUT2D eigenvalue weighted by Gasteiger charge is -2.21. The lowest BCUT2D eigenvalue weighted by atomic mass is 10.1. The Hall–Kier alpha value is -5.06. The van der Waals surface area contributed by atoms with Gasteiger partial charge in [0, 0.05) is 25.7 Å². The van der Waals surface area contributed by atoms with Crippen molar-refractivity contribution in [3.05, 3.63) is 146 Å². The fourth-order valence-corrected chi connectivity index (χ4v) is 11.1. The fraction of sp³-hybridized carbons (Fsp3) is 0.654. The largest absolute Gasteiger partial charge is 0.472 e. The van der Waals surface area contributed by atoms with E-state index in [1.165, 1.54) is 12.8 Å². The zero-order chi connectivity index (χ0) is 73.2. The third-order valence-corrected chi connectivity index (χ3v) is 17.2. The minimum atomic E-state index is -4.99. The molecule has 0 saturated heterocycles. The van der Waals surface area contributed by atoms with Crippen LogP contribution >= 0.6 is 15.6 Å². The second-order valence-corrected chi connectivity index (χ2v) is 27.7. The Morgan fingerprint density at radius 3 is 0.860 bits per heavy atom. The Labute approximate surface area is 605 Å². The Morgan fingerprint density at radius 1 is 0.290 bits per heavy atom. The van der Waals surface area contributed by atoms with E-state index in [0.29, 0.717) is 25.7 Å². The maximum absolute atomic E-state index is 13.1. The molecule has 0 bridgehead atoms. The molecule has 0 fully saturated rings. The van der Waals surface area contributed by atoms with E-state index in [4.69, 9.17) is 37.0 Å². The van der Waals surface area contributed by atoms with E-state index >= 15 is 0 Å². The van der Waals surface area contributed by atoms with Crippen LogP contribution in [0.2, 0.25) is 0 Å². The zero-order valence-corrected chi connectivity index (χ0v) is 63.9. The van der Waals surface area contributed by atoms with E-state index < -0.39 is 97.5 Å². The number of aliphatic hydroxyl groups is 1. The van der Waals surface area contributed by atoms with Crippen molar-refractivity contribution in [2.24, 2.45) is 0 Å². The van der Waals surface area contributed by atoms with Crippen LogP contribution in [0, 0.1) is 0 Å². The van der Waals surface area contributed by atoms with Crippen LogP contribution in [-0.2, 0) is 65.4 Å². The normalized spacial score (nSPS) is 14.8. The highest BCUT2D eigenvalue weighted by Crippen LogP contribution is 2.45. The number of hydrogen-bond donors (Lipinski definition) is 3. The third kappa shape index (κ3) is 71.3. The molecule has 0 saturated carbocycles. The first-order valence-electron chi connectivity index (χ1n) is 38.1. The number of esters is 4. The summed E-state index contributed by atoms with van der Waals surface area (Å²) in [6.45, 7) is 4.43. The van der Waals surface area contributed by atoms with Crippen LogP contribution in [0.25, 0.3) is 0 Å². The number of unbranched alkanes of at least 4 members (excludes halogenated alkanes) is 20. The van der Waals surface area contributed by atoms with Gasteiger partial charge in [-0.2, -0.15) is 0 Å². The van der Waals surface area contributed by atoms with Gasteiger partial charge >= 0.3 is 39.5 Å². The monoisotopic (exact) mass is 1440 g/mol. The van der Waals surface area contributed by atoms with Gasteiger partial charge in [-0.1, -0.05) is 251 Å². The van der Waals surface area contributed by atoms with Gasteiger partial charge in [-0.05, 0) is 154 Å². The number of aliphatic hydroxyl groups excluding tert-OH is 1. The number of carbonyl (C=O) groups is 4. The molecule has 0 amide bonds. The minimum Gasteiger partial charge on any atom is -0.462 e. The quantitative estimate of drug-likeness (QED) is 0.0169. The number of rotatable bonds is 70. The Balaban J connectivity index is 5.38. The molecule has 0 aromatic carbocycles. The van der Waals surface area contributed by atoms with Crippen LogP contribution in [0.4, 0.5) is 0 Å². The predicted molar refractivity (Wildman–Crippen MR) is 408 cm³/mol. The summed E-state index contributed by atoms with van der Waals surface area (Å²) >= 11 is 0. The molecular weight excluding hydrogens is 1310 g/mol. The second kappa shape index (κ2) is 72.3. The first-order valence-corrected chi connectivity index (χ1v) is 41.1. The number of phosphoric acid groups is 2. The van der Waals surface area contributed by atoms with Crippen LogP contribution in [0.5, 0.6) is 0 Å². The maximum Gasteiger partial charge on any atom is 0.472 e. The number of ether oxygens (including phenoxy) is 4. The predicted octanol–water partition coefficient (Wildman–Crippen LogP) is 21.9. The summed E-state index contributed by atoms with van der Waals surface area (Å²) in [6.07, 6.45) is 81.3. The summed E-state index contributed by atoms with van der Waals surface area (Å²) in [5.74, 6) is -2.27. The number of carbonyl (C=O) groups excluding carboxylic acids is 4. The van der Waals surface area contributed by atoms with Gasteiger partial charge in [0.1, 0.15) is 19.3 Å². The Kier molecular flexibility index (Phi) is 68.6. The van der Waals surface area contributed by atoms with Crippen molar-refractivity contribution < 1.29 is 80.2 Å². The van der Waals surface area contributed by atoms with Crippen molar-refractivity contribution >= 4 is 39.5 Å². The lowest BCUT2D eigenvalue weighted by Crippen LogP contribution is -2.30. The van der Waals surface area contributed by atoms with E-state index in [2.05, 4.69) is 174 Å². The van der Waals surface area contributed by atoms with Gasteiger partial charge in [0.2, 0.25) is 0 Å². The van der Waals surface area contributed by atoms with Crippen LogP contribution in [0.1, 0.15) is 285 Å². The zero-order valence-electron chi connectivity index (χ0n) is 62.1. The van der Waals surface area contributed by atoms with Crippen LogP contribution < -0.4 is 0 Å². The second-order valence-electron chi connectivity index (χ2n) is 24.8. The van der Waals surface area contributed by atoms with E-state index in [1.54, 1.807) is 0 Å². The van der Waals surface area contributed by atoms with Gasteiger partial charge < -0.3 is 33.8 Å². The highest BCUT2D eigenvalue weighted by molar-refractivity contribution is 7.47. The average Bonchev–Trinajstić information content (AvgIpc) is 0.940. The molecule has 0 aliphatic heterocycles. The summed E-state index contributed by atoms with van der Waals surface area (Å²) in [5, 5.41) is 10.6. The standard InChI is InChI=1S/C81H134O17P2/c1-5-9-13-17-21-25-29-32-34-36-37-39-41-44-47-50-54-58-62-66-79(84)92-72-77(98-81(86)68-64-60-56-52-48-42-31-27-23-19-15-11-7-3)74-96-100(89,90)94-70-75(82)69-93-99(87,88)95-73-76(97-80(85)67-63-59-55-51-45-28-24-20-16-12-8-4)71-91-78(83)65-61-57-53-49-46-43-40-38-35-33-30-26-22-18-14-10-6-2/h9-10,13-15,19-22,24-27,31-35,37,39-40,43-44,47,75-77,82H,5-8,11-12,16-18,23,28-30,36,38,41-42,45-46,48-74H2,1-4H3,(H,87,88)(H,89,90)/b13-9-,14-10-,19-15-,24-20-,25-21-,26-22-,31-27-,34-32-,35-33-,39-37-,43-40-,47-44-. The molecule has 5 atom stereocenters. The highest BCUT2D eigenvalue weighted by atomic mass is 31.2. The molecule has 100 heavy (non-hydrogen) atoms. The van der Waals surface area contributed by atoms with Gasteiger partial charge in [-0.15, -0.1) is 0 Å². The average molecular weight is 1440 g/mol. The molecule has 0 radical (unpaired) electrons. The molecule has 0 aromatic heterocycles. The smallest absolute Gasteiger partial charge is 0.462 e. The van der Waals surface area contributed by atoms with Crippen molar-refractivity contribution in [3.8, 4) is 0 Å². The summed E-state index contributed by atoms with van der Waals surface area (Å²) in [4.78, 5) is 72.8. The van der Waals surface area contributed by atoms with E-state index in [9.17, 15) is 43.2 Å². The van der Waals surface area contributed by atoms with Crippen LogP contribution in [0.15, 0.2) is 146 Å². The van der Waals surface area contributed by atoms with Gasteiger partial charge in [0.15, 0.2) is 12.2 Å². The van der Waals surface area contributed by atoms with E-state index in [0.717, 1.165) is 193 Å². The van der Waals surface area contributed by atoms with Gasteiger partial charge in [-0.25, -0.2) is 9.13 Å². The summed E-state index contributed by atoms with van der Waals surface area (Å²) in [6, 6.07) is 0. The summed E-state index contributed by atoms with van der Waals surface area (Å²) in [5.41, 5.74) is 0. The van der Waals surface area contributed by atoms with Gasteiger partial charge in [0.25, 0.3) is 0 Å². The molecule has 0 aromatic rings. The molecule has 19 heteroatoms. The molecule has 0 aliphatic rings. The summed E-state index contributed by atoms with van der Waals surface area (Å²) < 4.78 is 68.4. The highest BCUT2D eigenvalue weighted by Gasteiger charge is 2.30. The Morgan fingerprint density at radius 2 is 0.540 bits per heavy atom. The summed E-state index contributed by atoms with van der Waals surface area (Å²) in [7, 11) is -9.98. The molecule has 570 valence electrons. The van der Waals surface area contributed by atoms with Crippen molar-refractivity contribution in [1.82, 2.24) is 0 Å². The molecule has 0 heterocycles. The molecule has 0 rings (SSSR count). The van der Waals surface area contributed by atoms with Gasteiger partial charge in [0.05, 0.1) is 26.4 Å². The minimum absolute atomic E-state index is 0.0663. The number of phosphoric ester groups is 2. The number of hydrogen-bond acceptors (Lipinski definition) is 15. The molecule has 3 N–H and O–H groups in total. The fourth-order valence-electron chi connectivity index (χ4n) is 9.49. The number of allylic oxidation sites excluding steroid dienone is 24. The van der Waals surface area contributed by atoms with E-state index in [1.807, 2.05) is 0 Å². The van der Waals surface area contributed by atoms with Crippen molar-refractivity contribution in [1.29, 1.82) is 0 Å². The van der Waals surface area contributed by atoms with Crippen LogP contribution in [0.3, 0.4) is 0 Å². The molecular formula is C81H134O17P2. The van der Waals surface area contributed by atoms with Crippen molar-refractivity contribution in [3.63, 3.8) is 0 Å². The molecule has 0 aliphatic carbocycles. The third-order valence-electron chi connectivity index (χ3n) is 15.2. The maximum atomic E-state index is 13.1. The van der Waals surface area contributed by atoms with Crippen molar-refractivity contribution in [2.45, 2.75) is 303 Å². The lowest BCUT2D eigenvalue weighted by molar-refractivity contribution is -0.161. The van der Waals surface area contributed by atoms with Crippen molar-refractivity contribution in [2.75, 3.05) is 39.6 Å². The van der Waals surface area contributed by atoms with Crippen LogP contribution in [-0.4, -0.2) is 96.7 Å². The first kappa shape index (κ1) is 94.9. The van der Waals surface area contributed by atoms with Gasteiger partial charge in [-0.3, -0.25) is 37.3 Å².